The zero-order chi connectivity index (χ0) is 21.0. The molecule has 0 rings (SSSR count). The molecule has 0 saturated carbocycles. The number of nitrogens with zero attached hydrogens (tertiary/aromatic N) is 3. The molecular formula is C20H34N3O4Y-. The minimum atomic E-state index is -0.0716. The Morgan fingerprint density at radius 3 is 1.32 bits per heavy atom. The molecule has 0 fully saturated rings. The Balaban J connectivity index is 0. The van der Waals surface area contributed by atoms with E-state index >= 15 is 0 Å². The smallest absolute Gasteiger partial charge is 0.143 e. The van der Waals surface area contributed by atoms with Crippen LogP contribution in [-0.2, 0) is 51.9 Å². The van der Waals surface area contributed by atoms with E-state index in [1.807, 2.05) is 16.7 Å². The van der Waals surface area contributed by atoms with E-state index in [1.165, 1.54) is 27.3 Å². The molecule has 0 aliphatic rings. The van der Waals surface area contributed by atoms with Crippen LogP contribution in [0.25, 0.3) is 0 Å². The van der Waals surface area contributed by atoms with E-state index in [9.17, 15) is 19.2 Å². The van der Waals surface area contributed by atoms with Crippen LogP contribution >= 0.6 is 0 Å². The summed E-state index contributed by atoms with van der Waals surface area (Å²) in [5.74, 6) is -0.00924. The molecule has 0 heterocycles. The van der Waals surface area contributed by atoms with Crippen LogP contribution in [0.15, 0.2) is 12.2 Å². The van der Waals surface area contributed by atoms with Crippen molar-refractivity contribution < 1.29 is 51.9 Å². The zero-order valence-electron chi connectivity index (χ0n) is 18.0. The maximum absolute atomic E-state index is 11.6. The zero-order valence-corrected chi connectivity index (χ0v) is 20.8. The van der Waals surface area contributed by atoms with Crippen molar-refractivity contribution in [2.24, 2.45) is 0 Å². The molecule has 0 aromatic carbocycles. The van der Waals surface area contributed by atoms with Gasteiger partial charge in [-0.2, -0.15) is 0 Å². The minimum Gasteiger partial charge on any atom is -0.432 e. The van der Waals surface area contributed by atoms with Crippen LogP contribution in [0.5, 0.6) is 0 Å². The van der Waals surface area contributed by atoms with Crippen LogP contribution in [0.3, 0.4) is 0 Å². The van der Waals surface area contributed by atoms with Gasteiger partial charge in [0.2, 0.25) is 0 Å². The van der Waals surface area contributed by atoms with Crippen LogP contribution in [0.4, 0.5) is 0 Å². The maximum Gasteiger partial charge on any atom is 0.143 e. The maximum atomic E-state index is 11.6. The van der Waals surface area contributed by atoms with Gasteiger partial charge in [0.1, 0.15) is 17.3 Å². The van der Waals surface area contributed by atoms with Gasteiger partial charge in [-0.3, -0.25) is 30.7 Å². The van der Waals surface area contributed by atoms with Gasteiger partial charge in [0.15, 0.2) is 0 Å². The van der Waals surface area contributed by atoms with Crippen LogP contribution < -0.4 is 0 Å². The van der Waals surface area contributed by atoms with Crippen LogP contribution in [0.2, 0.25) is 0 Å². The Morgan fingerprint density at radius 1 is 0.679 bits per heavy atom. The Morgan fingerprint density at radius 2 is 1.04 bits per heavy atom. The van der Waals surface area contributed by atoms with Crippen molar-refractivity contribution in [1.29, 1.82) is 0 Å². The quantitative estimate of drug-likeness (QED) is 0.246. The third-order valence-electron chi connectivity index (χ3n) is 3.60. The van der Waals surface area contributed by atoms with Crippen molar-refractivity contribution in [2.75, 3.05) is 52.4 Å². The van der Waals surface area contributed by atoms with E-state index in [4.69, 9.17) is 0 Å². The van der Waals surface area contributed by atoms with Crippen molar-refractivity contribution >= 4 is 23.1 Å². The summed E-state index contributed by atoms with van der Waals surface area (Å²) >= 11 is 0. The van der Waals surface area contributed by atoms with E-state index in [-0.39, 0.29) is 68.9 Å². The third-order valence-corrected chi connectivity index (χ3v) is 3.60. The van der Waals surface area contributed by atoms with Gasteiger partial charge in [0.25, 0.3) is 0 Å². The molecule has 0 aliphatic heterocycles. The first kappa shape index (κ1) is 29.5. The third kappa shape index (κ3) is 17.4. The summed E-state index contributed by atoms with van der Waals surface area (Å²) in [4.78, 5) is 51.5. The van der Waals surface area contributed by atoms with E-state index in [0.717, 1.165) is 5.57 Å². The Labute approximate surface area is 194 Å². The second-order valence-corrected chi connectivity index (χ2v) is 7.26. The van der Waals surface area contributed by atoms with Crippen LogP contribution in [0, 0.1) is 6.54 Å². The Bertz CT molecular complexity index is 480. The summed E-state index contributed by atoms with van der Waals surface area (Å²) in [5, 5.41) is 0. The minimum absolute atomic E-state index is 0. The fourth-order valence-corrected chi connectivity index (χ4v) is 2.79. The van der Waals surface area contributed by atoms with Gasteiger partial charge < -0.3 is 9.69 Å². The topological polar surface area (TPSA) is 78.0 Å². The molecule has 0 N–H and O–H groups in total. The molecule has 0 aliphatic carbocycles. The number of rotatable bonds is 16. The summed E-state index contributed by atoms with van der Waals surface area (Å²) in [6, 6.07) is 0. The van der Waals surface area contributed by atoms with Gasteiger partial charge in [-0.05, 0) is 47.7 Å². The number of hydrogen-bond acceptors (Lipinski definition) is 7. The van der Waals surface area contributed by atoms with Gasteiger partial charge in [-0.1, -0.05) is 12.2 Å². The monoisotopic (exact) mass is 469 g/mol. The summed E-state index contributed by atoms with van der Waals surface area (Å²) < 4.78 is 0. The first-order valence-corrected chi connectivity index (χ1v) is 9.16. The number of carbonyl (C=O) groups is 4. The van der Waals surface area contributed by atoms with Crippen LogP contribution in [0.1, 0.15) is 34.6 Å². The molecule has 0 bridgehead atoms. The first-order valence-electron chi connectivity index (χ1n) is 9.16. The second kappa shape index (κ2) is 16.1. The first-order chi connectivity index (χ1) is 12.5. The predicted octanol–water partition coefficient (Wildman–Crippen LogP) is 0.984. The molecule has 0 aromatic rings. The molecule has 28 heavy (non-hydrogen) atoms. The molecule has 7 nitrogen and oxygen atoms in total. The largest absolute Gasteiger partial charge is 0.432 e. The number of hydrogen-bond donors (Lipinski definition) is 0. The fourth-order valence-electron chi connectivity index (χ4n) is 2.79. The fraction of sp³-hybridized carbons (Fsp3) is 0.650. The molecule has 157 valence electrons. The molecule has 0 spiro atoms. The van der Waals surface area contributed by atoms with E-state index in [0.29, 0.717) is 39.3 Å². The van der Waals surface area contributed by atoms with Crippen LogP contribution in [-0.4, -0.2) is 90.2 Å². The standard InChI is InChI=1S/C20H34N3O4.Y/c1-16(2)11-22(13-18(4)25)9-7-21(12-17(3)24)8-10-23(14-19(5)26)15-20(6)27;/h12H,1,7-11,13-15H2,2-6H3;/q-1;. The van der Waals surface area contributed by atoms with Gasteiger partial charge in [0.05, 0.1) is 19.6 Å². The molecule has 8 heteroatoms. The number of ketones is 4. The average molecular weight is 469 g/mol. The summed E-state index contributed by atoms with van der Waals surface area (Å²) in [5.41, 5.74) is 0.965. The average Bonchev–Trinajstić information content (AvgIpc) is 2.46. The summed E-state index contributed by atoms with van der Waals surface area (Å²) in [6.07, 6.45) is 0. The number of Topliss-reactive ketones (excluding diaryl/α,β-unsaturated/α-hetero) is 4. The molecule has 0 saturated heterocycles. The van der Waals surface area contributed by atoms with Gasteiger partial charge in [-0.25, -0.2) is 0 Å². The van der Waals surface area contributed by atoms with Crippen molar-refractivity contribution in [3.63, 3.8) is 0 Å². The second-order valence-electron chi connectivity index (χ2n) is 7.26. The van der Waals surface area contributed by atoms with Gasteiger partial charge in [-0.15, -0.1) is 0 Å². The molecule has 0 atom stereocenters. The van der Waals surface area contributed by atoms with E-state index in [1.54, 1.807) is 11.8 Å². The molecule has 1 radical (unpaired) electrons. The summed E-state index contributed by atoms with van der Waals surface area (Å²) in [7, 11) is 0. The van der Waals surface area contributed by atoms with Crippen molar-refractivity contribution in [3.8, 4) is 0 Å². The van der Waals surface area contributed by atoms with Gasteiger partial charge in [0, 0.05) is 58.1 Å². The normalized spacial score (nSPS) is 10.7. The van der Waals surface area contributed by atoms with Crippen molar-refractivity contribution in [2.45, 2.75) is 34.6 Å². The molecular weight excluding hydrogens is 435 g/mol. The van der Waals surface area contributed by atoms with Crippen molar-refractivity contribution in [1.82, 2.24) is 14.7 Å². The van der Waals surface area contributed by atoms with Gasteiger partial charge >= 0.3 is 0 Å². The molecule has 0 amide bonds. The Kier molecular flexibility index (Phi) is 17.0. The van der Waals surface area contributed by atoms with E-state index in [2.05, 4.69) is 6.58 Å². The molecule has 0 aromatic heterocycles. The molecule has 0 unspecified atom stereocenters. The predicted molar refractivity (Wildman–Crippen MR) is 106 cm³/mol. The number of carbonyl (C=O) groups excluding carboxylic acids is 4. The summed E-state index contributed by atoms with van der Waals surface area (Å²) in [6.45, 7) is 16.9. The Hall–Kier alpha value is -0.726. The van der Waals surface area contributed by atoms with E-state index < -0.39 is 0 Å². The van der Waals surface area contributed by atoms with Crippen molar-refractivity contribution in [3.05, 3.63) is 18.7 Å². The SMILES string of the molecule is C=C(C)CN(CCN([CH-]C(C)=O)CCN(CC(C)=O)CC(C)=O)CC(C)=O.[Y].